The van der Waals surface area contributed by atoms with Gasteiger partial charge in [-0.3, -0.25) is 4.79 Å². The lowest BCUT2D eigenvalue weighted by molar-refractivity contribution is -0.145. The summed E-state index contributed by atoms with van der Waals surface area (Å²) in [6.45, 7) is 1.76. The molecular weight excluding hydrogens is 634 g/mol. The number of rotatable bonds is 8. The zero-order valence-electron chi connectivity index (χ0n) is 20.8. The van der Waals surface area contributed by atoms with E-state index < -0.39 is 5.97 Å². The number of benzene rings is 3. The van der Waals surface area contributed by atoms with Crippen LogP contribution in [0.1, 0.15) is 12.5 Å². The van der Waals surface area contributed by atoms with Gasteiger partial charge in [-0.25, -0.2) is 9.78 Å². The number of ether oxygens (including phenoxy) is 3. The van der Waals surface area contributed by atoms with Crippen LogP contribution in [0.15, 0.2) is 83.9 Å². The number of aromatic nitrogens is 2. The van der Waals surface area contributed by atoms with E-state index in [-0.39, 0.29) is 24.6 Å². The number of furan rings is 1. The summed E-state index contributed by atoms with van der Waals surface area (Å²) in [5.74, 6) is 1.20. The lowest BCUT2D eigenvalue weighted by Gasteiger charge is -2.11. The van der Waals surface area contributed by atoms with Crippen LogP contribution in [0.4, 0.5) is 0 Å². The summed E-state index contributed by atoms with van der Waals surface area (Å²) in [5, 5.41) is 5.66. The molecule has 0 spiro atoms. The summed E-state index contributed by atoms with van der Waals surface area (Å²) < 4.78 is 24.4. The Morgan fingerprint density at radius 1 is 1.08 bits per heavy atom. The van der Waals surface area contributed by atoms with Gasteiger partial charge in [0, 0.05) is 0 Å². The Morgan fingerprint density at radius 3 is 2.59 bits per heavy atom. The fourth-order valence-electron chi connectivity index (χ4n) is 3.96. The predicted octanol–water partition coefficient (Wildman–Crippen LogP) is 6.17. The van der Waals surface area contributed by atoms with E-state index in [0.29, 0.717) is 48.3 Å². The third-order valence-corrected chi connectivity index (χ3v) is 6.88. The summed E-state index contributed by atoms with van der Waals surface area (Å²) in [4.78, 5) is 29.9. The minimum absolute atomic E-state index is 0.234. The number of hydrogen-bond donors (Lipinski definition) is 0. The van der Waals surface area contributed by atoms with Crippen molar-refractivity contribution in [1.82, 2.24) is 9.66 Å². The highest BCUT2D eigenvalue weighted by atomic mass is 79.9. The fraction of sp³-hybridized carbons (Fsp3) is 0.143. The minimum atomic E-state index is -0.471. The summed E-state index contributed by atoms with van der Waals surface area (Å²) >= 11 is 6.94. The fourth-order valence-corrected chi connectivity index (χ4v) is 5.41. The van der Waals surface area contributed by atoms with Crippen LogP contribution in [-0.2, 0) is 9.53 Å². The van der Waals surface area contributed by atoms with E-state index in [1.54, 1.807) is 50.4 Å². The van der Waals surface area contributed by atoms with E-state index in [1.165, 1.54) is 10.9 Å². The van der Waals surface area contributed by atoms with E-state index in [9.17, 15) is 9.59 Å². The molecule has 0 saturated carbocycles. The van der Waals surface area contributed by atoms with Gasteiger partial charge in [-0.05, 0) is 86.8 Å². The van der Waals surface area contributed by atoms with E-state index in [4.69, 9.17) is 23.6 Å². The normalized spacial score (nSPS) is 11.4. The average Bonchev–Trinajstić information content (AvgIpc) is 3.36. The molecule has 0 bridgehead atoms. The SMILES string of the molecule is CCOC(=O)COc1c(Br)cc(C=Nn2c(-c3cc4c(OC)cccc4o3)nc3ccccc3c2=O)cc1Br. The van der Waals surface area contributed by atoms with Crippen LogP contribution in [0.3, 0.4) is 0 Å². The second-order valence-corrected chi connectivity index (χ2v) is 9.91. The third-order valence-electron chi connectivity index (χ3n) is 5.70. The molecular formula is C28H21Br2N3O6. The van der Waals surface area contributed by atoms with E-state index in [0.717, 1.165) is 5.39 Å². The summed E-state index contributed by atoms with van der Waals surface area (Å²) in [6, 6.07) is 17.8. The first-order valence-electron chi connectivity index (χ1n) is 11.8. The van der Waals surface area contributed by atoms with Gasteiger partial charge in [0.2, 0.25) is 5.82 Å². The molecule has 0 unspecified atom stereocenters. The van der Waals surface area contributed by atoms with Gasteiger partial charge in [0.15, 0.2) is 12.4 Å². The van der Waals surface area contributed by atoms with Gasteiger partial charge in [-0.1, -0.05) is 18.2 Å². The Balaban J connectivity index is 1.57. The third kappa shape index (κ3) is 5.45. The van der Waals surface area contributed by atoms with Crippen molar-refractivity contribution < 1.29 is 23.4 Å². The molecule has 5 rings (SSSR count). The van der Waals surface area contributed by atoms with Crippen LogP contribution in [0.25, 0.3) is 33.5 Å². The maximum absolute atomic E-state index is 13.5. The Labute approximate surface area is 239 Å². The van der Waals surface area contributed by atoms with Crippen LogP contribution in [0.2, 0.25) is 0 Å². The number of halogens is 2. The van der Waals surface area contributed by atoms with Gasteiger partial charge in [-0.15, -0.1) is 0 Å². The Kier molecular flexibility index (Phi) is 7.80. The smallest absolute Gasteiger partial charge is 0.344 e. The van der Waals surface area contributed by atoms with E-state index in [1.807, 2.05) is 24.3 Å². The predicted molar refractivity (Wildman–Crippen MR) is 155 cm³/mol. The van der Waals surface area contributed by atoms with Gasteiger partial charge >= 0.3 is 5.97 Å². The number of para-hydroxylation sites is 1. The van der Waals surface area contributed by atoms with Crippen molar-refractivity contribution in [1.29, 1.82) is 0 Å². The molecule has 198 valence electrons. The molecule has 3 aromatic carbocycles. The molecule has 0 radical (unpaired) electrons. The van der Waals surface area contributed by atoms with Crippen molar-refractivity contribution in [3.8, 4) is 23.1 Å². The van der Waals surface area contributed by atoms with Crippen molar-refractivity contribution in [2.45, 2.75) is 6.92 Å². The molecule has 2 heterocycles. The topological polar surface area (TPSA) is 105 Å². The Bertz CT molecular complexity index is 1770. The van der Waals surface area contributed by atoms with Gasteiger partial charge in [0.05, 0.1) is 45.2 Å². The second kappa shape index (κ2) is 11.4. The number of methoxy groups -OCH3 is 1. The molecule has 0 aliphatic carbocycles. The zero-order valence-corrected chi connectivity index (χ0v) is 24.0. The standard InChI is InChI=1S/C28H21Br2N3O6/c1-3-37-25(34)15-38-26-19(29)11-16(12-20(26)30)14-31-33-27(32-21-8-5-4-7-17(21)28(33)35)24-13-18-22(36-2)9-6-10-23(18)39-24/h4-14H,3,15H2,1-2H3. The van der Waals surface area contributed by atoms with E-state index in [2.05, 4.69) is 37.0 Å². The molecule has 0 atom stereocenters. The van der Waals surface area contributed by atoms with Crippen LogP contribution >= 0.6 is 31.9 Å². The van der Waals surface area contributed by atoms with Crippen molar-refractivity contribution in [3.05, 3.63) is 85.5 Å². The molecule has 2 aromatic heterocycles. The molecule has 0 saturated heterocycles. The highest BCUT2D eigenvalue weighted by Gasteiger charge is 2.18. The zero-order chi connectivity index (χ0) is 27.5. The van der Waals surface area contributed by atoms with Crippen LogP contribution in [-0.4, -0.2) is 42.2 Å². The van der Waals surface area contributed by atoms with Gasteiger partial charge in [0.1, 0.15) is 17.1 Å². The van der Waals surface area contributed by atoms with Gasteiger partial charge in [-0.2, -0.15) is 9.78 Å². The van der Waals surface area contributed by atoms with Crippen molar-refractivity contribution in [2.75, 3.05) is 20.3 Å². The van der Waals surface area contributed by atoms with Gasteiger partial charge < -0.3 is 18.6 Å². The summed E-state index contributed by atoms with van der Waals surface area (Å²) in [6.07, 6.45) is 1.52. The summed E-state index contributed by atoms with van der Waals surface area (Å²) in [7, 11) is 1.58. The van der Waals surface area contributed by atoms with Crippen molar-refractivity contribution >= 4 is 65.9 Å². The largest absolute Gasteiger partial charge is 0.496 e. The molecule has 0 aliphatic heterocycles. The first-order valence-corrected chi connectivity index (χ1v) is 13.4. The van der Waals surface area contributed by atoms with Crippen LogP contribution < -0.4 is 15.0 Å². The number of esters is 1. The number of carbonyl (C=O) groups excluding carboxylic acids is 1. The quantitative estimate of drug-likeness (QED) is 0.146. The Morgan fingerprint density at radius 2 is 1.85 bits per heavy atom. The number of hydrogen-bond acceptors (Lipinski definition) is 8. The average molecular weight is 655 g/mol. The molecule has 0 N–H and O–H groups in total. The molecule has 11 heteroatoms. The maximum Gasteiger partial charge on any atom is 0.344 e. The lowest BCUT2D eigenvalue weighted by Crippen LogP contribution is -2.20. The highest BCUT2D eigenvalue weighted by Crippen LogP contribution is 2.35. The molecule has 0 amide bonds. The Hall–Kier alpha value is -3.96. The molecule has 0 fully saturated rings. The van der Waals surface area contributed by atoms with E-state index >= 15 is 0 Å². The first-order chi connectivity index (χ1) is 18.9. The van der Waals surface area contributed by atoms with Crippen LogP contribution in [0, 0.1) is 0 Å². The minimum Gasteiger partial charge on any atom is -0.496 e. The van der Waals surface area contributed by atoms with Crippen molar-refractivity contribution in [3.63, 3.8) is 0 Å². The van der Waals surface area contributed by atoms with Crippen LogP contribution in [0.5, 0.6) is 11.5 Å². The highest BCUT2D eigenvalue weighted by molar-refractivity contribution is 9.11. The molecule has 0 aliphatic rings. The lowest BCUT2D eigenvalue weighted by atomic mass is 10.2. The number of nitrogens with zero attached hydrogens (tertiary/aromatic N) is 3. The first kappa shape index (κ1) is 26.6. The number of carbonyl (C=O) groups is 1. The molecule has 5 aromatic rings. The van der Waals surface area contributed by atoms with Gasteiger partial charge in [0.25, 0.3) is 5.56 Å². The monoisotopic (exact) mass is 653 g/mol. The number of fused-ring (bicyclic) bond motifs is 2. The maximum atomic E-state index is 13.5. The molecule has 9 nitrogen and oxygen atoms in total. The van der Waals surface area contributed by atoms with Crippen molar-refractivity contribution in [2.24, 2.45) is 5.10 Å². The molecule has 39 heavy (non-hydrogen) atoms. The second-order valence-electron chi connectivity index (χ2n) is 8.20. The summed E-state index contributed by atoms with van der Waals surface area (Å²) in [5.41, 5.74) is 1.40.